The van der Waals surface area contributed by atoms with Crippen LogP contribution in [-0.2, 0) is 9.59 Å². The van der Waals surface area contributed by atoms with Gasteiger partial charge in [-0.1, -0.05) is 33.1 Å². The van der Waals surface area contributed by atoms with Gasteiger partial charge in [0, 0.05) is 32.2 Å². The first-order chi connectivity index (χ1) is 11.3. The molecule has 1 heterocycles. The Labute approximate surface area is 150 Å². The second-order valence-electron chi connectivity index (χ2n) is 7.99. The van der Waals surface area contributed by atoms with Crippen LogP contribution >= 0.6 is 11.8 Å². The minimum absolute atomic E-state index is 0.0321. The molecule has 6 heteroatoms. The molecule has 1 atom stereocenters. The van der Waals surface area contributed by atoms with E-state index in [0.717, 1.165) is 25.8 Å². The smallest absolute Gasteiger partial charge is 0.232 e. The Hall–Kier alpha value is -0.750. The van der Waals surface area contributed by atoms with Gasteiger partial charge in [-0.2, -0.15) is 0 Å². The molecule has 0 radical (unpaired) electrons. The number of carbonyl (C=O) groups excluding carboxylic acids is 2. The molecule has 0 aromatic heterocycles. The van der Waals surface area contributed by atoms with Gasteiger partial charge in [0.25, 0.3) is 0 Å². The maximum absolute atomic E-state index is 12.4. The fourth-order valence-corrected chi connectivity index (χ4v) is 4.52. The molecule has 0 aromatic rings. The van der Waals surface area contributed by atoms with Crippen LogP contribution in [0, 0.1) is 5.41 Å². The first-order valence-corrected chi connectivity index (χ1v) is 10.3. The average molecular weight is 356 g/mol. The molecule has 138 valence electrons. The van der Waals surface area contributed by atoms with Crippen LogP contribution in [0.2, 0.25) is 0 Å². The molecule has 1 unspecified atom stereocenters. The Balaban J connectivity index is 1.71. The fourth-order valence-electron chi connectivity index (χ4n) is 3.68. The number of hydrogen-bond acceptors (Lipinski definition) is 4. The van der Waals surface area contributed by atoms with E-state index in [4.69, 9.17) is 5.73 Å². The predicted molar refractivity (Wildman–Crippen MR) is 99.9 cm³/mol. The lowest BCUT2D eigenvalue weighted by Crippen LogP contribution is -2.54. The third-order valence-corrected chi connectivity index (χ3v) is 6.53. The number of carbonyl (C=O) groups is 2. The summed E-state index contributed by atoms with van der Waals surface area (Å²) in [5, 5.41) is 0. The number of hydrogen-bond donors (Lipinski definition) is 1. The third-order valence-electron chi connectivity index (χ3n) is 5.63. The molecule has 1 saturated carbocycles. The highest BCUT2D eigenvalue weighted by Crippen LogP contribution is 2.28. The van der Waals surface area contributed by atoms with E-state index >= 15 is 0 Å². The molecule has 2 amide bonds. The minimum Gasteiger partial charge on any atom is -0.342 e. The third kappa shape index (κ3) is 5.12. The van der Waals surface area contributed by atoms with Gasteiger partial charge in [0.2, 0.25) is 11.8 Å². The second kappa shape index (κ2) is 8.56. The summed E-state index contributed by atoms with van der Waals surface area (Å²) in [5.41, 5.74) is 6.09. The number of likely N-dealkylation sites (tertiary alicyclic amines) is 1. The van der Waals surface area contributed by atoms with Crippen LogP contribution in [0.3, 0.4) is 0 Å². The summed E-state index contributed by atoms with van der Waals surface area (Å²) < 4.78 is 0. The van der Waals surface area contributed by atoms with Crippen LogP contribution in [-0.4, -0.2) is 65.3 Å². The lowest BCUT2D eigenvalue weighted by molar-refractivity contribution is -0.131. The molecule has 0 spiro atoms. The molecular weight excluding hydrogens is 322 g/mol. The van der Waals surface area contributed by atoms with E-state index in [0.29, 0.717) is 24.1 Å². The van der Waals surface area contributed by atoms with Crippen molar-refractivity contribution >= 4 is 23.6 Å². The van der Waals surface area contributed by atoms with Crippen molar-refractivity contribution in [3.63, 3.8) is 0 Å². The predicted octanol–water partition coefficient (Wildman–Crippen LogP) is 2.10. The van der Waals surface area contributed by atoms with Crippen LogP contribution in [0.5, 0.6) is 0 Å². The van der Waals surface area contributed by atoms with Crippen molar-refractivity contribution < 1.29 is 9.59 Å². The number of nitrogens with two attached hydrogens (primary N) is 1. The monoisotopic (exact) mass is 355 g/mol. The molecule has 2 N–H and O–H groups in total. The van der Waals surface area contributed by atoms with Crippen LogP contribution in [0.4, 0.5) is 0 Å². The Bertz CT molecular complexity index is 450. The molecule has 2 aliphatic rings. The lowest BCUT2D eigenvalue weighted by atomic mass is 9.80. The number of rotatable bonds is 5. The summed E-state index contributed by atoms with van der Waals surface area (Å²) in [6, 6.07) is 0.548. The zero-order chi connectivity index (χ0) is 17.7. The largest absolute Gasteiger partial charge is 0.342 e. The van der Waals surface area contributed by atoms with Gasteiger partial charge in [0.15, 0.2) is 0 Å². The van der Waals surface area contributed by atoms with Crippen LogP contribution in [0.25, 0.3) is 0 Å². The molecule has 0 bridgehead atoms. The molecular formula is C18H33N3O2S. The highest BCUT2D eigenvalue weighted by atomic mass is 32.2. The molecule has 24 heavy (non-hydrogen) atoms. The molecule has 5 nitrogen and oxygen atoms in total. The Kier molecular flexibility index (Phi) is 6.99. The highest BCUT2D eigenvalue weighted by molar-refractivity contribution is 8.00. The van der Waals surface area contributed by atoms with Gasteiger partial charge in [-0.3, -0.25) is 9.59 Å². The molecule has 1 aliphatic carbocycles. The van der Waals surface area contributed by atoms with E-state index in [1.165, 1.54) is 31.0 Å². The first kappa shape index (κ1) is 19.6. The van der Waals surface area contributed by atoms with Gasteiger partial charge in [-0.25, -0.2) is 0 Å². The van der Waals surface area contributed by atoms with E-state index in [9.17, 15) is 9.59 Å². The fraction of sp³-hybridized carbons (Fsp3) is 0.889. The van der Waals surface area contributed by atoms with Crippen molar-refractivity contribution in [3.05, 3.63) is 0 Å². The summed E-state index contributed by atoms with van der Waals surface area (Å²) >= 11 is 1.44. The Morgan fingerprint density at radius 3 is 2.46 bits per heavy atom. The SMILES string of the molecule is CN(C(=O)CSCC(=O)N1CCC(N)C(C)(C)C1)C1CCCCC1. The van der Waals surface area contributed by atoms with Crippen molar-refractivity contribution in [2.24, 2.45) is 11.1 Å². The minimum atomic E-state index is -0.0321. The van der Waals surface area contributed by atoms with Crippen molar-refractivity contribution in [2.45, 2.75) is 64.5 Å². The summed E-state index contributed by atoms with van der Waals surface area (Å²) in [4.78, 5) is 28.5. The maximum atomic E-state index is 12.4. The van der Waals surface area contributed by atoms with Crippen LogP contribution < -0.4 is 5.73 Å². The Morgan fingerprint density at radius 2 is 1.83 bits per heavy atom. The lowest BCUT2D eigenvalue weighted by Gasteiger charge is -2.42. The van der Waals surface area contributed by atoms with Crippen molar-refractivity contribution in [1.82, 2.24) is 9.80 Å². The van der Waals surface area contributed by atoms with E-state index in [2.05, 4.69) is 13.8 Å². The van der Waals surface area contributed by atoms with E-state index in [-0.39, 0.29) is 23.3 Å². The number of thioether (sulfide) groups is 1. The van der Waals surface area contributed by atoms with Gasteiger partial charge in [-0.05, 0) is 24.7 Å². The second-order valence-corrected chi connectivity index (χ2v) is 8.97. The van der Waals surface area contributed by atoms with E-state index < -0.39 is 0 Å². The summed E-state index contributed by atoms with van der Waals surface area (Å²) in [6.45, 7) is 5.68. The standard InChI is InChI=1S/C18H33N3O2S/c1-18(2)13-21(10-9-15(18)19)17(23)12-24-11-16(22)20(3)14-7-5-4-6-8-14/h14-15H,4-13,19H2,1-3H3. The zero-order valence-corrected chi connectivity index (χ0v) is 16.2. The molecule has 2 rings (SSSR count). The molecule has 2 fully saturated rings. The summed E-state index contributed by atoms with van der Waals surface area (Å²) in [6.07, 6.45) is 6.83. The first-order valence-electron chi connectivity index (χ1n) is 9.18. The van der Waals surface area contributed by atoms with E-state index in [1.807, 2.05) is 16.8 Å². The van der Waals surface area contributed by atoms with Gasteiger partial charge in [0.1, 0.15) is 0 Å². The summed E-state index contributed by atoms with van der Waals surface area (Å²) in [5.74, 6) is 1.07. The molecule has 0 aromatic carbocycles. The van der Waals surface area contributed by atoms with Crippen molar-refractivity contribution in [1.29, 1.82) is 0 Å². The normalized spacial score (nSPS) is 24.7. The summed E-state index contributed by atoms with van der Waals surface area (Å²) in [7, 11) is 1.91. The van der Waals surface area contributed by atoms with Gasteiger partial charge >= 0.3 is 0 Å². The molecule has 1 aliphatic heterocycles. The van der Waals surface area contributed by atoms with E-state index in [1.54, 1.807) is 0 Å². The average Bonchev–Trinajstić information content (AvgIpc) is 2.57. The van der Waals surface area contributed by atoms with Crippen LogP contribution in [0.1, 0.15) is 52.4 Å². The van der Waals surface area contributed by atoms with Gasteiger partial charge < -0.3 is 15.5 Å². The Morgan fingerprint density at radius 1 is 1.17 bits per heavy atom. The quantitative estimate of drug-likeness (QED) is 0.820. The van der Waals surface area contributed by atoms with Crippen LogP contribution in [0.15, 0.2) is 0 Å². The number of amides is 2. The number of piperidine rings is 1. The highest BCUT2D eigenvalue weighted by Gasteiger charge is 2.35. The topological polar surface area (TPSA) is 66.6 Å². The van der Waals surface area contributed by atoms with Crippen molar-refractivity contribution in [3.8, 4) is 0 Å². The maximum Gasteiger partial charge on any atom is 0.232 e. The van der Waals surface area contributed by atoms with Gasteiger partial charge in [0.05, 0.1) is 11.5 Å². The zero-order valence-electron chi connectivity index (χ0n) is 15.4. The number of nitrogens with zero attached hydrogens (tertiary/aromatic N) is 2. The van der Waals surface area contributed by atoms with Crippen molar-refractivity contribution in [2.75, 3.05) is 31.6 Å². The molecule has 1 saturated heterocycles. The van der Waals surface area contributed by atoms with Gasteiger partial charge in [-0.15, -0.1) is 11.8 Å².